The first kappa shape index (κ1) is 18.8. The summed E-state index contributed by atoms with van der Waals surface area (Å²) in [6, 6.07) is 17.9. The van der Waals surface area contributed by atoms with Crippen molar-refractivity contribution in [3.05, 3.63) is 70.8 Å². The molecule has 0 radical (unpaired) electrons. The smallest absolute Gasteiger partial charge is 0.150 e. The molecule has 0 bridgehead atoms. The summed E-state index contributed by atoms with van der Waals surface area (Å²) in [4.78, 5) is 9.13. The zero-order valence-electron chi connectivity index (χ0n) is 15.0. The van der Waals surface area contributed by atoms with E-state index in [4.69, 9.17) is 16.7 Å². The number of pyridine rings is 1. The van der Waals surface area contributed by atoms with E-state index in [9.17, 15) is 0 Å². The van der Waals surface area contributed by atoms with Crippen LogP contribution in [0, 0.1) is 0 Å². The third-order valence-corrected chi connectivity index (χ3v) is 5.74. The predicted molar refractivity (Wildman–Crippen MR) is 116 cm³/mol. The normalized spacial score (nSPS) is 11.1. The monoisotopic (exact) mass is 410 g/mol. The molecule has 0 spiro atoms. The Balaban J connectivity index is 1.65. The number of rotatable bonds is 7. The molecule has 0 amide bonds. The number of aliphatic hydroxyl groups is 1. The SMILES string of the molecule is OCCNCc1nc2ccnc(Nc3cccc(-c4ccccc4)c3Cl)c2s1. The van der Waals surface area contributed by atoms with Crippen molar-refractivity contribution in [3.8, 4) is 11.1 Å². The maximum atomic E-state index is 8.91. The molecule has 0 aliphatic heterocycles. The van der Waals surface area contributed by atoms with Gasteiger partial charge in [-0.1, -0.05) is 54.1 Å². The molecule has 0 unspecified atom stereocenters. The molecule has 0 saturated heterocycles. The van der Waals surface area contributed by atoms with Crippen LogP contribution in [0.5, 0.6) is 0 Å². The molecule has 0 aliphatic rings. The van der Waals surface area contributed by atoms with E-state index in [-0.39, 0.29) is 6.61 Å². The number of hydrogen-bond acceptors (Lipinski definition) is 6. The number of benzene rings is 2. The molecule has 5 nitrogen and oxygen atoms in total. The van der Waals surface area contributed by atoms with E-state index in [2.05, 4.69) is 20.6 Å². The Morgan fingerprint density at radius 1 is 1.04 bits per heavy atom. The molecule has 28 heavy (non-hydrogen) atoms. The number of thiazole rings is 1. The van der Waals surface area contributed by atoms with Crippen molar-refractivity contribution in [2.24, 2.45) is 0 Å². The van der Waals surface area contributed by atoms with E-state index in [0.29, 0.717) is 18.1 Å². The molecule has 2 aromatic heterocycles. The third kappa shape index (κ3) is 4.00. The van der Waals surface area contributed by atoms with Crippen LogP contribution in [0.15, 0.2) is 60.8 Å². The van der Waals surface area contributed by atoms with Crippen LogP contribution in [-0.2, 0) is 6.54 Å². The Bertz CT molecular complexity index is 1080. The van der Waals surface area contributed by atoms with Crippen LogP contribution < -0.4 is 10.6 Å². The molecule has 7 heteroatoms. The Labute approximate surface area is 172 Å². The van der Waals surface area contributed by atoms with Gasteiger partial charge in [0, 0.05) is 24.8 Å². The van der Waals surface area contributed by atoms with Gasteiger partial charge in [-0.15, -0.1) is 11.3 Å². The summed E-state index contributed by atoms with van der Waals surface area (Å²) in [5.74, 6) is 0.732. The lowest BCUT2D eigenvalue weighted by Crippen LogP contribution is -2.17. The van der Waals surface area contributed by atoms with Crippen LogP contribution in [0.3, 0.4) is 0 Å². The van der Waals surface area contributed by atoms with Crippen LogP contribution >= 0.6 is 22.9 Å². The highest BCUT2D eigenvalue weighted by atomic mass is 35.5. The maximum Gasteiger partial charge on any atom is 0.150 e. The quantitative estimate of drug-likeness (QED) is 0.380. The lowest BCUT2D eigenvalue weighted by atomic mass is 10.1. The van der Waals surface area contributed by atoms with Gasteiger partial charge in [0.1, 0.15) is 10.8 Å². The first-order chi connectivity index (χ1) is 13.8. The third-order valence-electron chi connectivity index (χ3n) is 4.25. The number of anilines is 2. The second-order valence-electron chi connectivity index (χ2n) is 6.17. The molecule has 0 atom stereocenters. The van der Waals surface area contributed by atoms with Crippen LogP contribution in [0.2, 0.25) is 5.02 Å². The van der Waals surface area contributed by atoms with Gasteiger partial charge in [0.15, 0.2) is 0 Å². The van der Waals surface area contributed by atoms with Crippen molar-refractivity contribution in [2.45, 2.75) is 6.54 Å². The van der Waals surface area contributed by atoms with E-state index >= 15 is 0 Å². The van der Waals surface area contributed by atoms with Gasteiger partial charge in [0.2, 0.25) is 0 Å². The number of aromatic nitrogens is 2. The minimum Gasteiger partial charge on any atom is -0.395 e. The molecule has 142 valence electrons. The highest BCUT2D eigenvalue weighted by Gasteiger charge is 2.13. The molecule has 2 heterocycles. The fourth-order valence-electron chi connectivity index (χ4n) is 2.94. The van der Waals surface area contributed by atoms with Crippen molar-refractivity contribution in [2.75, 3.05) is 18.5 Å². The van der Waals surface area contributed by atoms with Crippen molar-refractivity contribution in [1.82, 2.24) is 15.3 Å². The Kier molecular flexibility index (Phi) is 5.83. The second kappa shape index (κ2) is 8.67. The van der Waals surface area contributed by atoms with E-state index < -0.39 is 0 Å². The lowest BCUT2D eigenvalue weighted by molar-refractivity contribution is 0.292. The highest BCUT2D eigenvalue weighted by Crippen LogP contribution is 2.37. The standard InChI is InChI=1S/C21H19ClN4OS/c22-19-15(14-5-2-1-3-6-14)7-4-8-16(19)26-21-20-17(9-10-24-21)25-18(28-20)13-23-11-12-27/h1-10,23,27H,11-13H2,(H,24,26). The summed E-state index contributed by atoms with van der Waals surface area (Å²) < 4.78 is 0.976. The average Bonchev–Trinajstić information content (AvgIpc) is 3.14. The number of fused-ring (bicyclic) bond motifs is 1. The van der Waals surface area contributed by atoms with Gasteiger partial charge >= 0.3 is 0 Å². The molecular weight excluding hydrogens is 392 g/mol. The van der Waals surface area contributed by atoms with Gasteiger partial charge in [-0.3, -0.25) is 0 Å². The molecule has 0 saturated carbocycles. The minimum absolute atomic E-state index is 0.107. The number of nitrogens with one attached hydrogen (secondary N) is 2. The molecule has 3 N–H and O–H groups in total. The van der Waals surface area contributed by atoms with Gasteiger partial charge < -0.3 is 15.7 Å². The fourth-order valence-corrected chi connectivity index (χ4v) is 4.19. The number of halogens is 1. The summed E-state index contributed by atoms with van der Waals surface area (Å²) >= 11 is 8.27. The summed E-state index contributed by atoms with van der Waals surface area (Å²) in [7, 11) is 0. The lowest BCUT2D eigenvalue weighted by Gasteiger charge is -2.12. The predicted octanol–water partition coefficient (Wildman–Crippen LogP) is 4.84. The van der Waals surface area contributed by atoms with Crippen molar-refractivity contribution >= 4 is 44.7 Å². The first-order valence-corrected chi connectivity index (χ1v) is 10.1. The van der Waals surface area contributed by atoms with Crippen LogP contribution in [0.1, 0.15) is 5.01 Å². The summed E-state index contributed by atoms with van der Waals surface area (Å²) in [5.41, 5.74) is 3.73. The zero-order chi connectivity index (χ0) is 19.3. The highest BCUT2D eigenvalue weighted by molar-refractivity contribution is 7.19. The number of hydrogen-bond donors (Lipinski definition) is 3. The number of nitrogens with zero attached hydrogens (tertiary/aromatic N) is 2. The van der Waals surface area contributed by atoms with Gasteiger partial charge in [-0.2, -0.15) is 0 Å². The molecule has 4 aromatic rings. The molecular formula is C21H19ClN4OS. The maximum absolute atomic E-state index is 8.91. The first-order valence-electron chi connectivity index (χ1n) is 8.93. The number of aliphatic hydroxyl groups excluding tert-OH is 1. The summed E-state index contributed by atoms with van der Waals surface area (Å²) in [6.07, 6.45) is 1.74. The van der Waals surface area contributed by atoms with Crippen molar-refractivity contribution in [3.63, 3.8) is 0 Å². The fraction of sp³-hybridized carbons (Fsp3) is 0.143. The molecule has 0 fully saturated rings. The van der Waals surface area contributed by atoms with Crippen LogP contribution in [-0.4, -0.2) is 28.2 Å². The molecule has 4 rings (SSSR count). The van der Waals surface area contributed by atoms with Gasteiger partial charge in [0.05, 0.1) is 27.5 Å². The minimum atomic E-state index is 0.107. The van der Waals surface area contributed by atoms with Crippen LogP contribution in [0.4, 0.5) is 11.5 Å². The largest absolute Gasteiger partial charge is 0.395 e. The van der Waals surface area contributed by atoms with Gasteiger partial charge in [-0.25, -0.2) is 9.97 Å². The second-order valence-corrected chi connectivity index (χ2v) is 7.64. The molecule has 2 aromatic carbocycles. The van der Waals surface area contributed by atoms with E-state index in [1.165, 1.54) is 0 Å². The Morgan fingerprint density at radius 2 is 1.89 bits per heavy atom. The topological polar surface area (TPSA) is 70.1 Å². The van der Waals surface area contributed by atoms with Gasteiger partial charge in [0.25, 0.3) is 0 Å². The average molecular weight is 411 g/mol. The molecule has 0 aliphatic carbocycles. The van der Waals surface area contributed by atoms with Crippen LogP contribution in [0.25, 0.3) is 21.3 Å². The van der Waals surface area contributed by atoms with Gasteiger partial charge in [-0.05, 0) is 17.7 Å². The zero-order valence-corrected chi connectivity index (χ0v) is 16.6. The van der Waals surface area contributed by atoms with E-state index in [0.717, 1.165) is 37.9 Å². The summed E-state index contributed by atoms with van der Waals surface area (Å²) in [6.45, 7) is 1.26. The Morgan fingerprint density at radius 3 is 2.71 bits per heavy atom. The van der Waals surface area contributed by atoms with E-state index in [1.807, 2.05) is 54.6 Å². The van der Waals surface area contributed by atoms with Crippen molar-refractivity contribution < 1.29 is 5.11 Å². The Hall–Kier alpha value is -2.51. The van der Waals surface area contributed by atoms with E-state index in [1.54, 1.807) is 17.5 Å². The summed E-state index contributed by atoms with van der Waals surface area (Å²) in [5, 5.41) is 17.0. The van der Waals surface area contributed by atoms with Crippen molar-refractivity contribution in [1.29, 1.82) is 0 Å².